The molecule has 15 nitrogen and oxygen atoms in total. The lowest BCUT2D eigenvalue weighted by atomic mass is 10.0. The first-order chi connectivity index (χ1) is 17.8. The summed E-state index contributed by atoms with van der Waals surface area (Å²) in [5.41, 5.74) is 5.34. The summed E-state index contributed by atoms with van der Waals surface area (Å²) in [5.74, 6) is -4.94. The number of carboxylic acid groups (broad SMARTS) is 1. The summed E-state index contributed by atoms with van der Waals surface area (Å²) in [6, 6.07) is -3.31. The summed E-state index contributed by atoms with van der Waals surface area (Å²) in [6.07, 6.45) is 0.857. The molecule has 0 rings (SSSR count). The number of carbonyl (C=O) groups excluding carboxylic acids is 6. The molecule has 15 heteroatoms. The van der Waals surface area contributed by atoms with Gasteiger partial charge in [0, 0.05) is 19.9 Å². The van der Waals surface area contributed by atoms with Gasteiger partial charge in [0.25, 0.3) is 0 Å². The summed E-state index contributed by atoms with van der Waals surface area (Å²) in [6.45, 7) is 3.90. The van der Waals surface area contributed by atoms with E-state index in [0.29, 0.717) is 12.8 Å². The van der Waals surface area contributed by atoms with Crippen molar-refractivity contribution in [3.05, 3.63) is 0 Å². The number of aliphatic hydroxyl groups is 1. The molecule has 0 aromatic carbocycles. The monoisotopic (exact) mass is 544 g/mol. The van der Waals surface area contributed by atoms with Crippen LogP contribution in [0.2, 0.25) is 0 Å². The maximum absolute atomic E-state index is 12.6. The quantitative estimate of drug-likeness (QED) is 0.0784. The number of hydrogen-bond donors (Lipinski definition) is 8. The Morgan fingerprint density at radius 3 is 1.97 bits per heavy atom. The summed E-state index contributed by atoms with van der Waals surface area (Å²) in [7, 11) is 0. The second-order valence-electron chi connectivity index (χ2n) is 9.11. The fourth-order valence-electron chi connectivity index (χ4n) is 3.25. The summed E-state index contributed by atoms with van der Waals surface area (Å²) in [5, 5.41) is 30.0. The highest BCUT2D eigenvalue weighted by molar-refractivity contribution is 5.94. The first-order valence-corrected chi connectivity index (χ1v) is 12.3. The van der Waals surface area contributed by atoms with Crippen LogP contribution in [0.25, 0.3) is 0 Å². The van der Waals surface area contributed by atoms with Crippen LogP contribution in [0.15, 0.2) is 0 Å². The van der Waals surface area contributed by atoms with Crippen molar-refractivity contribution < 1.29 is 43.8 Å². The Balaban J connectivity index is 4.72. The van der Waals surface area contributed by atoms with E-state index < -0.39 is 72.7 Å². The lowest BCUT2D eigenvalue weighted by Gasteiger charge is -2.23. The Labute approximate surface area is 221 Å². The van der Waals surface area contributed by atoms with Crippen molar-refractivity contribution in [1.82, 2.24) is 26.6 Å². The molecule has 216 valence electrons. The number of carbonyl (C=O) groups is 7. The molecule has 0 saturated heterocycles. The van der Waals surface area contributed by atoms with E-state index in [1.54, 1.807) is 0 Å². The van der Waals surface area contributed by atoms with E-state index >= 15 is 0 Å². The number of aliphatic carboxylic acids is 1. The van der Waals surface area contributed by atoms with Gasteiger partial charge in [-0.2, -0.15) is 0 Å². The molecule has 0 fully saturated rings. The minimum Gasteiger partial charge on any atom is -0.481 e. The average Bonchev–Trinajstić information content (AvgIpc) is 2.82. The van der Waals surface area contributed by atoms with Gasteiger partial charge < -0.3 is 42.5 Å². The lowest BCUT2D eigenvalue weighted by Crippen LogP contribution is -2.56. The van der Waals surface area contributed by atoms with Crippen molar-refractivity contribution in [2.75, 3.05) is 19.7 Å². The van der Waals surface area contributed by atoms with E-state index in [-0.39, 0.29) is 38.1 Å². The summed E-state index contributed by atoms with van der Waals surface area (Å²) >= 11 is 0. The third-order valence-corrected chi connectivity index (χ3v) is 5.13. The van der Waals surface area contributed by atoms with Gasteiger partial charge in [-0.15, -0.1) is 0 Å². The van der Waals surface area contributed by atoms with Crippen molar-refractivity contribution in [1.29, 1.82) is 0 Å². The molecule has 0 aliphatic carbocycles. The second kappa shape index (κ2) is 18.5. The molecule has 38 heavy (non-hydrogen) atoms. The van der Waals surface area contributed by atoms with Crippen LogP contribution < -0.4 is 32.3 Å². The molecular weight excluding hydrogens is 504 g/mol. The maximum atomic E-state index is 12.6. The number of amides is 6. The van der Waals surface area contributed by atoms with Crippen molar-refractivity contribution in [2.45, 2.75) is 77.4 Å². The van der Waals surface area contributed by atoms with Crippen molar-refractivity contribution in [3.8, 4) is 0 Å². The van der Waals surface area contributed by atoms with Gasteiger partial charge in [0.05, 0.1) is 19.6 Å². The number of nitrogens with one attached hydrogen (secondary N) is 5. The van der Waals surface area contributed by atoms with Crippen molar-refractivity contribution in [3.63, 3.8) is 0 Å². The topological polar surface area (TPSA) is 246 Å². The molecule has 0 bridgehead atoms. The number of carboxylic acids is 1. The first-order valence-electron chi connectivity index (χ1n) is 12.3. The Morgan fingerprint density at radius 1 is 0.789 bits per heavy atom. The molecule has 0 heterocycles. The summed E-state index contributed by atoms with van der Waals surface area (Å²) < 4.78 is 0. The van der Waals surface area contributed by atoms with E-state index in [9.17, 15) is 38.7 Å². The Morgan fingerprint density at radius 2 is 1.45 bits per heavy atom. The van der Waals surface area contributed by atoms with Crippen LogP contribution in [0.1, 0.15) is 59.3 Å². The number of unbranched alkanes of at least 4 members (excludes halogenated alkanes) is 1. The Kier molecular flexibility index (Phi) is 16.7. The minimum absolute atomic E-state index is 0.0191. The maximum Gasteiger partial charge on any atom is 0.303 e. The van der Waals surface area contributed by atoms with Crippen LogP contribution in [0.4, 0.5) is 0 Å². The highest BCUT2D eigenvalue weighted by Crippen LogP contribution is 2.06. The van der Waals surface area contributed by atoms with Crippen molar-refractivity contribution in [2.24, 2.45) is 11.7 Å². The third-order valence-electron chi connectivity index (χ3n) is 5.13. The molecule has 0 spiro atoms. The molecule has 3 atom stereocenters. The van der Waals surface area contributed by atoms with Crippen LogP contribution in [-0.4, -0.2) is 89.4 Å². The zero-order valence-electron chi connectivity index (χ0n) is 22.0. The fraction of sp³-hybridized carbons (Fsp3) is 0.696. The minimum atomic E-state index is -1.24. The molecule has 0 aliphatic heterocycles. The Bertz CT molecular complexity index is 849. The smallest absolute Gasteiger partial charge is 0.303 e. The molecule has 6 amide bonds. The molecule has 0 aromatic heterocycles. The predicted molar refractivity (Wildman–Crippen MR) is 134 cm³/mol. The molecule has 0 saturated carbocycles. The van der Waals surface area contributed by atoms with Gasteiger partial charge in [0.1, 0.15) is 18.1 Å². The molecule has 0 aromatic rings. The number of primary amides is 1. The standard InChI is InChI=1S/C23H40N6O9/c1-13(2)10-16(29-23(38)17(12-30)27-14(3)31)22(37)26-11-19(33)28-15(21(24)36)6-4-5-9-25-18(32)7-8-20(34)35/h13,15-17,30H,4-12H2,1-3H3,(H2,24,36)(H,25,32)(H,26,37)(H,27,31)(H,28,33)(H,29,38)(H,34,35)/t15-,16-,17-/m0/s1. The SMILES string of the molecule is CC(=O)N[C@@H](CO)C(=O)N[C@@H](CC(C)C)C(=O)NCC(=O)N[C@@H](CCCCNC(=O)CCC(=O)O)C(N)=O. The van der Waals surface area contributed by atoms with E-state index in [2.05, 4.69) is 26.6 Å². The predicted octanol–water partition coefficient (Wildman–Crippen LogP) is -2.75. The fourth-order valence-corrected chi connectivity index (χ4v) is 3.25. The highest BCUT2D eigenvalue weighted by Gasteiger charge is 2.27. The number of hydrogen-bond acceptors (Lipinski definition) is 8. The van der Waals surface area contributed by atoms with E-state index in [1.165, 1.54) is 6.92 Å². The lowest BCUT2D eigenvalue weighted by molar-refractivity contribution is -0.138. The number of rotatable bonds is 19. The van der Waals surface area contributed by atoms with Gasteiger partial charge in [0.2, 0.25) is 35.4 Å². The van der Waals surface area contributed by atoms with Crippen LogP contribution in [0, 0.1) is 5.92 Å². The zero-order chi connectivity index (χ0) is 29.3. The molecule has 0 aliphatic rings. The third kappa shape index (κ3) is 16.1. The average molecular weight is 545 g/mol. The van der Waals surface area contributed by atoms with Gasteiger partial charge in [0.15, 0.2) is 0 Å². The number of aliphatic hydroxyl groups excluding tert-OH is 1. The van der Waals surface area contributed by atoms with E-state index in [4.69, 9.17) is 10.8 Å². The van der Waals surface area contributed by atoms with Gasteiger partial charge in [-0.05, 0) is 31.6 Å². The van der Waals surface area contributed by atoms with Gasteiger partial charge in [-0.25, -0.2) is 0 Å². The molecule has 0 radical (unpaired) electrons. The van der Waals surface area contributed by atoms with E-state index in [0.717, 1.165) is 0 Å². The largest absolute Gasteiger partial charge is 0.481 e. The van der Waals surface area contributed by atoms with E-state index in [1.807, 2.05) is 13.8 Å². The summed E-state index contributed by atoms with van der Waals surface area (Å²) in [4.78, 5) is 82.2. The normalized spacial score (nSPS) is 13.0. The first kappa shape index (κ1) is 34.2. The Hall–Kier alpha value is -3.75. The van der Waals surface area contributed by atoms with Crippen molar-refractivity contribution >= 4 is 41.4 Å². The highest BCUT2D eigenvalue weighted by atomic mass is 16.4. The van der Waals surface area contributed by atoms with Gasteiger partial charge in [-0.3, -0.25) is 33.6 Å². The molecule has 9 N–H and O–H groups in total. The molecular formula is C23H40N6O9. The van der Waals surface area contributed by atoms with Crippen LogP contribution in [0.5, 0.6) is 0 Å². The number of nitrogens with two attached hydrogens (primary N) is 1. The van der Waals surface area contributed by atoms with Crippen LogP contribution in [0.3, 0.4) is 0 Å². The second-order valence-corrected chi connectivity index (χ2v) is 9.11. The van der Waals surface area contributed by atoms with Gasteiger partial charge >= 0.3 is 5.97 Å². The zero-order valence-corrected chi connectivity index (χ0v) is 22.0. The molecule has 0 unspecified atom stereocenters. The van der Waals surface area contributed by atoms with Crippen LogP contribution >= 0.6 is 0 Å². The van der Waals surface area contributed by atoms with Crippen LogP contribution in [-0.2, 0) is 33.6 Å². The van der Waals surface area contributed by atoms with Gasteiger partial charge in [-0.1, -0.05) is 13.8 Å².